The van der Waals surface area contributed by atoms with Crippen LogP contribution in [0.2, 0.25) is 0 Å². The zero-order valence-corrected chi connectivity index (χ0v) is 16.3. The summed E-state index contributed by atoms with van der Waals surface area (Å²) in [6, 6.07) is 18.8. The number of furan rings is 1. The van der Waals surface area contributed by atoms with Crippen LogP contribution in [0, 0.1) is 6.92 Å². The number of fused-ring (bicyclic) bond motifs is 1. The number of benzene rings is 2. The van der Waals surface area contributed by atoms with Crippen molar-refractivity contribution >= 4 is 26.8 Å². The molecule has 0 amide bonds. The van der Waals surface area contributed by atoms with Crippen LogP contribution in [0.4, 0.5) is 0 Å². The van der Waals surface area contributed by atoms with E-state index >= 15 is 0 Å². The molecule has 0 radical (unpaired) electrons. The van der Waals surface area contributed by atoms with E-state index in [0.29, 0.717) is 0 Å². The van der Waals surface area contributed by atoms with E-state index in [2.05, 4.69) is 81.8 Å². The van der Waals surface area contributed by atoms with E-state index in [-0.39, 0.29) is 0 Å². The summed E-state index contributed by atoms with van der Waals surface area (Å²) >= 11 is 3.54. The lowest BCUT2D eigenvalue weighted by Gasteiger charge is -2.03. The zero-order chi connectivity index (χ0) is 17.9. The fraction of sp³-hybridized carbons (Fsp3) is 0.182. The molecule has 0 aliphatic heterocycles. The van der Waals surface area contributed by atoms with Crippen LogP contribution in [0.3, 0.4) is 0 Å². The molecule has 4 heteroatoms. The highest BCUT2D eigenvalue weighted by Crippen LogP contribution is 2.26. The first kappa shape index (κ1) is 17.1. The number of aromatic nitrogens is 1. The molecule has 4 rings (SSSR count). The van der Waals surface area contributed by atoms with Crippen molar-refractivity contribution in [3.8, 4) is 11.3 Å². The van der Waals surface area contributed by atoms with E-state index in [1.807, 2.05) is 12.1 Å². The molecule has 0 saturated heterocycles. The number of halogens is 1. The Kier molecular flexibility index (Phi) is 4.96. The number of para-hydroxylation sites is 1. The molecule has 0 atom stereocenters. The summed E-state index contributed by atoms with van der Waals surface area (Å²) in [5, 5.41) is 4.78. The summed E-state index contributed by atoms with van der Waals surface area (Å²) in [6.07, 6.45) is 3.09. The van der Waals surface area contributed by atoms with Crippen molar-refractivity contribution in [1.29, 1.82) is 0 Å². The van der Waals surface area contributed by atoms with Crippen molar-refractivity contribution in [3.63, 3.8) is 0 Å². The molecule has 0 aliphatic rings. The Morgan fingerprint density at radius 2 is 1.96 bits per heavy atom. The molecule has 3 nitrogen and oxygen atoms in total. The monoisotopic (exact) mass is 408 g/mol. The highest BCUT2D eigenvalue weighted by atomic mass is 79.9. The summed E-state index contributed by atoms with van der Waals surface area (Å²) in [7, 11) is 0. The van der Waals surface area contributed by atoms with Gasteiger partial charge in [0.25, 0.3) is 0 Å². The Labute approximate surface area is 161 Å². The summed E-state index contributed by atoms with van der Waals surface area (Å²) < 4.78 is 7.11. The van der Waals surface area contributed by atoms with E-state index in [1.54, 1.807) is 0 Å². The fourth-order valence-corrected chi connectivity index (χ4v) is 3.45. The van der Waals surface area contributed by atoms with Crippen LogP contribution in [0.1, 0.15) is 16.9 Å². The predicted octanol–water partition coefficient (Wildman–Crippen LogP) is 5.83. The average Bonchev–Trinajstić information content (AvgIpc) is 3.28. The van der Waals surface area contributed by atoms with Crippen LogP contribution < -0.4 is 5.32 Å². The molecule has 0 fully saturated rings. The van der Waals surface area contributed by atoms with Crippen LogP contribution >= 0.6 is 15.9 Å². The van der Waals surface area contributed by atoms with Gasteiger partial charge < -0.3 is 14.7 Å². The van der Waals surface area contributed by atoms with Gasteiger partial charge >= 0.3 is 0 Å². The number of aryl methyl sites for hydroxylation is 1. The first-order chi connectivity index (χ1) is 12.7. The summed E-state index contributed by atoms with van der Waals surface area (Å²) in [6.45, 7) is 3.73. The topological polar surface area (TPSA) is 41.0 Å². The molecule has 2 heterocycles. The molecule has 2 aromatic carbocycles. The van der Waals surface area contributed by atoms with Gasteiger partial charge in [0.2, 0.25) is 0 Å². The maximum atomic E-state index is 5.99. The predicted molar refractivity (Wildman–Crippen MR) is 110 cm³/mol. The minimum Gasteiger partial charge on any atom is -0.460 e. The van der Waals surface area contributed by atoms with Gasteiger partial charge in [-0.25, -0.2) is 0 Å². The molecule has 2 N–H and O–H groups in total. The zero-order valence-electron chi connectivity index (χ0n) is 14.7. The molecule has 26 heavy (non-hydrogen) atoms. The van der Waals surface area contributed by atoms with Crippen molar-refractivity contribution in [2.45, 2.75) is 19.9 Å². The molecule has 2 aromatic heterocycles. The third-order valence-corrected chi connectivity index (χ3v) is 5.54. The molecule has 0 spiro atoms. The molecule has 0 aliphatic carbocycles. The van der Waals surface area contributed by atoms with Crippen LogP contribution in [-0.2, 0) is 13.0 Å². The molecule has 0 bridgehead atoms. The van der Waals surface area contributed by atoms with Crippen molar-refractivity contribution in [2.75, 3.05) is 6.54 Å². The van der Waals surface area contributed by atoms with Crippen LogP contribution in [-0.4, -0.2) is 11.5 Å². The Morgan fingerprint density at radius 3 is 2.85 bits per heavy atom. The molecular weight excluding hydrogens is 388 g/mol. The van der Waals surface area contributed by atoms with Gasteiger partial charge in [0, 0.05) is 27.1 Å². The van der Waals surface area contributed by atoms with Crippen molar-refractivity contribution in [2.24, 2.45) is 0 Å². The van der Waals surface area contributed by atoms with Crippen molar-refractivity contribution < 1.29 is 4.42 Å². The van der Waals surface area contributed by atoms with Crippen LogP contribution in [0.25, 0.3) is 22.2 Å². The van der Waals surface area contributed by atoms with Gasteiger partial charge in [-0.2, -0.15) is 0 Å². The van der Waals surface area contributed by atoms with Gasteiger partial charge in [-0.15, -0.1) is 0 Å². The van der Waals surface area contributed by atoms with E-state index in [0.717, 1.165) is 41.1 Å². The van der Waals surface area contributed by atoms with E-state index < -0.39 is 0 Å². The lowest BCUT2D eigenvalue weighted by molar-refractivity contribution is 0.495. The molecule has 4 aromatic rings. The Balaban J connectivity index is 1.34. The number of nitrogens with one attached hydrogen (secondary N) is 2. The Hall–Kier alpha value is -2.30. The fourth-order valence-electron chi connectivity index (χ4n) is 3.20. The first-order valence-electron chi connectivity index (χ1n) is 8.81. The second kappa shape index (κ2) is 7.52. The third kappa shape index (κ3) is 3.62. The molecule has 132 valence electrons. The quantitative estimate of drug-likeness (QED) is 0.394. The summed E-state index contributed by atoms with van der Waals surface area (Å²) in [4.78, 5) is 3.33. The lowest BCUT2D eigenvalue weighted by Crippen LogP contribution is -2.16. The van der Waals surface area contributed by atoms with Gasteiger partial charge in [0.1, 0.15) is 11.5 Å². The van der Waals surface area contributed by atoms with Gasteiger partial charge in [-0.1, -0.05) is 40.2 Å². The largest absolute Gasteiger partial charge is 0.460 e. The Morgan fingerprint density at radius 1 is 1.08 bits per heavy atom. The second-order valence-electron chi connectivity index (χ2n) is 6.52. The van der Waals surface area contributed by atoms with Crippen LogP contribution in [0.15, 0.2) is 69.7 Å². The van der Waals surface area contributed by atoms with E-state index in [1.165, 1.54) is 22.0 Å². The number of H-pyrrole nitrogens is 1. The highest BCUT2D eigenvalue weighted by Gasteiger charge is 2.07. The van der Waals surface area contributed by atoms with Gasteiger partial charge in [-0.3, -0.25) is 0 Å². The normalized spacial score (nSPS) is 11.3. The number of hydrogen-bond donors (Lipinski definition) is 2. The lowest BCUT2D eigenvalue weighted by atomic mass is 10.1. The van der Waals surface area contributed by atoms with E-state index in [9.17, 15) is 0 Å². The van der Waals surface area contributed by atoms with Gasteiger partial charge in [0.15, 0.2) is 0 Å². The first-order valence-corrected chi connectivity index (χ1v) is 9.61. The second-order valence-corrected chi connectivity index (χ2v) is 7.37. The summed E-state index contributed by atoms with van der Waals surface area (Å²) in [5.41, 5.74) is 4.86. The number of rotatable bonds is 6. The minimum absolute atomic E-state index is 0.734. The maximum Gasteiger partial charge on any atom is 0.134 e. The molecule has 0 unspecified atom stereocenters. The number of hydrogen-bond acceptors (Lipinski definition) is 2. The van der Waals surface area contributed by atoms with Crippen LogP contribution in [0.5, 0.6) is 0 Å². The van der Waals surface area contributed by atoms with Crippen molar-refractivity contribution in [3.05, 3.63) is 82.2 Å². The standard InChI is InChI=1S/C22H21BrN2O/c1-15-12-16(6-8-20(15)23)22-9-7-18(26-22)14-24-11-10-17-13-25-21-5-3-2-4-19(17)21/h2-9,12-13,24-25H,10-11,14H2,1H3. The summed E-state index contributed by atoms with van der Waals surface area (Å²) in [5.74, 6) is 1.87. The van der Waals surface area contributed by atoms with E-state index in [4.69, 9.17) is 4.42 Å². The third-order valence-electron chi connectivity index (χ3n) is 4.65. The minimum atomic E-state index is 0.734. The van der Waals surface area contributed by atoms with Crippen molar-refractivity contribution in [1.82, 2.24) is 10.3 Å². The SMILES string of the molecule is Cc1cc(-c2ccc(CNCCc3c[nH]c4ccccc34)o2)ccc1Br. The van der Waals surface area contributed by atoms with Gasteiger partial charge in [0.05, 0.1) is 6.54 Å². The number of aromatic amines is 1. The van der Waals surface area contributed by atoms with Gasteiger partial charge in [-0.05, 0) is 61.3 Å². The average molecular weight is 409 g/mol. The highest BCUT2D eigenvalue weighted by molar-refractivity contribution is 9.10. The Bertz CT molecular complexity index is 1030. The smallest absolute Gasteiger partial charge is 0.134 e. The molecular formula is C22H21BrN2O. The maximum absolute atomic E-state index is 5.99. The molecule has 0 saturated carbocycles.